The number of anilines is 2. The van der Waals surface area contributed by atoms with Crippen molar-refractivity contribution in [2.45, 2.75) is 39.0 Å². The first-order valence-corrected chi connectivity index (χ1v) is 5.25. The first kappa shape index (κ1) is 10.8. The number of unbranched alkanes of at least 4 members (excludes halogenated alkanes) is 3. The van der Waals surface area contributed by atoms with Crippen molar-refractivity contribution in [2.24, 2.45) is 0 Å². The summed E-state index contributed by atoms with van der Waals surface area (Å²) in [5.74, 6) is 1.08. The molecular weight excluding hydrogens is 174 g/mol. The van der Waals surface area contributed by atoms with E-state index in [4.69, 9.17) is 11.5 Å². The third-order valence-electron chi connectivity index (χ3n) is 2.33. The Bertz CT molecular complexity index is 284. The van der Waals surface area contributed by atoms with Crippen molar-refractivity contribution in [1.82, 2.24) is 4.98 Å². The van der Waals surface area contributed by atoms with Gasteiger partial charge >= 0.3 is 0 Å². The predicted octanol–water partition coefficient (Wildman–Crippen LogP) is 2.37. The number of pyridine rings is 1. The summed E-state index contributed by atoms with van der Waals surface area (Å²) in [5.41, 5.74) is 12.4. The molecule has 0 aliphatic carbocycles. The first-order valence-electron chi connectivity index (χ1n) is 5.25. The Labute approximate surface area is 85.5 Å². The van der Waals surface area contributed by atoms with E-state index in [1.54, 1.807) is 0 Å². The van der Waals surface area contributed by atoms with Gasteiger partial charge < -0.3 is 11.5 Å². The van der Waals surface area contributed by atoms with Crippen molar-refractivity contribution >= 4 is 11.6 Å². The first-order chi connectivity index (χ1) is 6.74. The van der Waals surface area contributed by atoms with Crippen molar-refractivity contribution in [2.75, 3.05) is 11.5 Å². The third-order valence-corrected chi connectivity index (χ3v) is 2.33. The van der Waals surface area contributed by atoms with Gasteiger partial charge in [-0.25, -0.2) is 4.98 Å². The average molecular weight is 193 g/mol. The highest BCUT2D eigenvalue weighted by molar-refractivity contribution is 5.46. The third kappa shape index (κ3) is 3.24. The van der Waals surface area contributed by atoms with E-state index >= 15 is 0 Å². The number of nitrogen functional groups attached to an aromatic ring is 2. The van der Waals surface area contributed by atoms with Gasteiger partial charge in [-0.2, -0.15) is 0 Å². The molecule has 0 saturated carbocycles. The zero-order valence-electron chi connectivity index (χ0n) is 8.79. The van der Waals surface area contributed by atoms with Gasteiger partial charge in [-0.15, -0.1) is 0 Å². The van der Waals surface area contributed by atoms with Crippen molar-refractivity contribution < 1.29 is 0 Å². The lowest BCUT2D eigenvalue weighted by molar-refractivity contribution is 0.667. The minimum absolute atomic E-state index is 0.500. The summed E-state index contributed by atoms with van der Waals surface area (Å²) in [6, 6.07) is 3.79. The maximum absolute atomic E-state index is 5.75. The van der Waals surface area contributed by atoms with E-state index in [0.29, 0.717) is 11.6 Å². The summed E-state index contributed by atoms with van der Waals surface area (Å²) in [6.45, 7) is 2.21. The summed E-state index contributed by atoms with van der Waals surface area (Å²) in [4.78, 5) is 4.03. The van der Waals surface area contributed by atoms with Gasteiger partial charge in [0.05, 0.1) is 0 Å². The summed E-state index contributed by atoms with van der Waals surface area (Å²) >= 11 is 0. The predicted molar refractivity (Wildman–Crippen MR) is 60.9 cm³/mol. The highest BCUT2D eigenvalue weighted by Gasteiger charge is 2.00. The summed E-state index contributed by atoms with van der Waals surface area (Å²) < 4.78 is 0. The Morgan fingerprint density at radius 1 is 1.14 bits per heavy atom. The average Bonchev–Trinajstić information content (AvgIpc) is 2.15. The molecule has 1 rings (SSSR count). The Morgan fingerprint density at radius 2 is 1.93 bits per heavy atom. The molecule has 0 atom stereocenters. The second-order valence-electron chi connectivity index (χ2n) is 3.59. The normalized spacial score (nSPS) is 10.4. The highest BCUT2D eigenvalue weighted by Crippen LogP contribution is 2.14. The van der Waals surface area contributed by atoms with Gasteiger partial charge in [0.2, 0.25) is 0 Å². The minimum Gasteiger partial charge on any atom is -0.384 e. The van der Waals surface area contributed by atoms with E-state index in [0.717, 1.165) is 12.0 Å². The molecule has 3 heteroatoms. The minimum atomic E-state index is 0.500. The molecular formula is C11H19N3. The molecule has 0 spiro atoms. The monoisotopic (exact) mass is 193 g/mol. The van der Waals surface area contributed by atoms with E-state index in [2.05, 4.69) is 11.9 Å². The fourth-order valence-corrected chi connectivity index (χ4v) is 1.47. The molecule has 3 nitrogen and oxygen atoms in total. The van der Waals surface area contributed by atoms with Crippen molar-refractivity contribution in [3.8, 4) is 0 Å². The van der Waals surface area contributed by atoms with Crippen LogP contribution in [0.4, 0.5) is 11.6 Å². The maximum Gasteiger partial charge on any atom is 0.128 e. The van der Waals surface area contributed by atoms with Gasteiger partial charge in [-0.05, 0) is 24.5 Å². The summed E-state index contributed by atoms with van der Waals surface area (Å²) in [5, 5.41) is 0. The molecule has 0 radical (unpaired) electrons. The van der Waals surface area contributed by atoms with Crippen LogP contribution in [0.2, 0.25) is 0 Å². The smallest absolute Gasteiger partial charge is 0.128 e. The molecule has 0 bridgehead atoms. The van der Waals surface area contributed by atoms with Crippen LogP contribution in [0.15, 0.2) is 12.1 Å². The fraction of sp³-hybridized carbons (Fsp3) is 0.545. The largest absolute Gasteiger partial charge is 0.384 e. The molecule has 0 saturated heterocycles. The van der Waals surface area contributed by atoms with E-state index < -0.39 is 0 Å². The van der Waals surface area contributed by atoms with E-state index in [9.17, 15) is 0 Å². The van der Waals surface area contributed by atoms with Crippen LogP contribution < -0.4 is 11.5 Å². The second-order valence-corrected chi connectivity index (χ2v) is 3.59. The number of nitrogens with zero attached hydrogens (tertiary/aromatic N) is 1. The van der Waals surface area contributed by atoms with Crippen molar-refractivity contribution in [1.29, 1.82) is 0 Å². The molecule has 0 aliphatic rings. The number of hydrogen-bond acceptors (Lipinski definition) is 3. The number of hydrogen-bond donors (Lipinski definition) is 2. The SMILES string of the molecule is CCCCCCc1ccc(N)nc1N. The summed E-state index contributed by atoms with van der Waals surface area (Å²) in [7, 11) is 0. The van der Waals surface area contributed by atoms with Crippen molar-refractivity contribution in [3.63, 3.8) is 0 Å². The van der Waals surface area contributed by atoms with Crippen LogP contribution in [0.1, 0.15) is 38.2 Å². The molecule has 1 aromatic rings. The zero-order valence-corrected chi connectivity index (χ0v) is 8.79. The van der Waals surface area contributed by atoms with Crippen LogP contribution in [0.5, 0.6) is 0 Å². The lowest BCUT2D eigenvalue weighted by Crippen LogP contribution is -2.00. The van der Waals surface area contributed by atoms with Crippen LogP contribution in [-0.2, 0) is 6.42 Å². The number of aryl methyl sites for hydroxylation is 1. The molecule has 0 aliphatic heterocycles. The van der Waals surface area contributed by atoms with Gasteiger partial charge in [0.25, 0.3) is 0 Å². The maximum atomic E-state index is 5.75. The Hall–Kier alpha value is -1.25. The standard InChI is InChI=1S/C11H19N3/c1-2-3-4-5-6-9-7-8-10(12)14-11(9)13/h7-8H,2-6H2,1H3,(H4,12,13,14). The van der Waals surface area contributed by atoms with Gasteiger partial charge in [-0.3, -0.25) is 0 Å². The molecule has 1 heterocycles. The van der Waals surface area contributed by atoms with Crippen LogP contribution >= 0.6 is 0 Å². The van der Waals surface area contributed by atoms with Crippen LogP contribution in [-0.4, -0.2) is 4.98 Å². The molecule has 4 N–H and O–H groups in total. The number of aromatic nitrogens is 1. The lowest BCUT2D eigenvalue weighted by Gasteiger charge is -2.04. The Kier molecular flexibility index (Phi) is 4.23. The molecule has 78 valence electrons. The molecule has 0 fully saturated rings. The molecule has 0 amide bonds. The molecule has 1 aromatic heterocycles. The number of rotatable bonds is 5. The van der Waals surface area contributed by atoms with Gasteiger partial charge in [0.15, 0.2) is 0 Å². The quantitative estimate of drug-likeness (QED) is 0.705. The van der Waals surface area contributed by atoms with E-state index in [-0.39, 0.29) is 0 Å². The summed E-state index contributed by atoms with van der Waals surface area (Å²) in [6.07, 6.45) is 6.01. The molecule has 0 unspecified atom stereocenters. The van der Waals surface area contributed by atoms with Crippen LogP contribution in [0.3, 0.4) is 0 Å². The fourth-order valence-electron chi connectivity index (χ4n) is 1.47. The van der Waals surface area contributed by atoms with Crippen molar-refractivity contribution in [3.05, 3.63) is 17.7 Å². The van der Waals surface area contributed by atoms with Crippen LogP contribution in [0, 0.1) is 0 Å². The Morgan fingerprint density at radius 3 is 2.57 bits per heavy atom. The van der Waals surface area contributed by atoms with Gasteiger partial charge in [0, 0.05) is 0 Å². The van der Waals surface area contributed by atoms with Gasteiger partial charge in [-0.1, -0.05) is 32.3 Å². The van der Waals surface area contributed by atoms with E-state index in [1.807, 2.05) is 12.1 Å². The topological polar surface area (TPSA) is 64.9 Å². The van der Waals surface area contributed by atoms with Crippen LogP contribution in [0.25, 0.3) is 0 Å². The molecule has 0 aromatic carbocycles. The second kappa shape index (κ2) is 5.47. The number of nitrogens with two attached hydrogens (primary N) is 2. The molecule has 14 heavy (non-hydrogen) atoms. The van der Waals surface area contributed by atoms with Gasteiger partial charge in [0.1, 0.15) is 11.6 Å². The Balaban J connectivity index is 2.42. The highest BCUT2D eigenvalue weighted by atomic mass is 14.9. The van der Waals surface area contributed by atoms with E-state index in [1.165, 1.54) is 25.7 Å². The zero-order chi connectivity index (χ0) is 10.4. The lowest BCUT2D eigenvalue weighted by atomic mass is 10.1.